The van der Waals surface area contributed by atoms with Crippen molar-refractivity contribution in [1.29, 1.82) is 0 Å². The summed E-state index contributed by atoms with van der Waals surface area (Å²) in [6.07, 6.45) is 6.03. The fourth-order valence-corrected chi connectivity index (χ4v) is 4.27. The van der Waals surface area contributed by atoms with Gasteiger partial charge in [-0.3, -0.25) is 0 Å². The van der Waals surface area contributed by atoms with Crippen LogP contribution in [-0.4, -0.2) is 19.3 Å². The van der Waals surface area contributed by atoms with Crippen molar-refractivity contribution in [3.05, 3.63) is 24.3 Å². The maximum Gasteiger partial charge on any atom is 0.286 e. The van der Waals surface area contributed by atoms with Gasteiger partial charge in [-0.2, -0.15) is 8.42 Å². The number of hydrogen-bond acceptors (Lipinski definition) is 4. The third-order valence-electron chi connectivity index (χ3n) is 3.10. The van der Waals surface area contributed by atoms with Crippen LogP contribution in [0.4, 0.5) is 5.69 Å². The van der Waals surface area contributed by atoms with Crippen molar-refractivity contribution in [3.8, 4) is 0 Å². The van der Waals surface area contributed by atoms with E-state index in [1.54, 1.807) is 18.2 Å². The van der Waals surface area contributed by atoms with Crippen LogP contribution in [0.3, 0.4) is 0 Å². The molecule has 1 aromatic rings. The van der Waals surface area contributed by atoms with Crippen LogP contribution in [0.5, 0.6) is 0 Å². The SMILES string of the molecule is CCCCCCCSC1=NS(=O)(=O)c2ccccc2N1. The van der Waals surface area contributed by atoms with E-state index in [2.05, 4.69) is 16.6 Å². The van der Waals surface area contributed by atoms with Crippen LogP contribution < -0.4 is 5.32 Å². The van der Waals surface area contributed by atoms with Crippen molar-refractivity contribution in [2.45, 2.75) is 43.9 Å². The average Bonchev–Trinajstić information content (AvgIpc) is 2.42. The Labute approximate surface area is 125 Å². The maximum atomic E-state index is 12.0. The number of sulfonamides is 1. The highest BCUT2D eigenvalue weighted by Crippen LogP contribution is 2.29. The van der Waals surface area contributed by atoms with Crippen LogP contribution in [0.15, 0.2) is 33.6 Å². The Balaban J connectivity index is 1.90. The summed E-state index contributed by atoms with van der Waals surface area (Å²) >= 11 is 1.48. The summed E-state index contributed by atoms with van der Waals surface area (Å²) in [5.41, 5.74) is 0.621. The molecule has 1 aliphatic heterocycles. The number of rotatable bonds is 6. The lowest BCUT2D eigenvalue weighted by molar-refractivity contribution is 0.598. The zero-order valence-electron chi connectivity index (χ0n) is 11.6. The quantitative estimate of drug-likeness (QED) is 0.810. The molecule has 0 saturated heterocycles. The summed E-state index contributed by atoms with van der Waals surface area (Å²) in [4.78, 5) is 0.257. The predicted octanol–water partition coefficient (Wildman–Crippen LogP) is 3.86. The minimum atomic E-state index is -3.54. The highest BCUT2D eigenvalue weighted by atomic mass is 32.2. The molecule has 1 N–H and O–H groups in total. The molecular weight excluding hydrogens is 292 g/mol. The summed E-state index contributed by atoms with van der Waals surface area (Å²) in [6.45, 7) is 2.19. The topological polar surface area (TPSA) is 58.5 Å². The first kappa shape index (κ1) is 15.4. The van der Waals surface area contributed by atoms with Gasteiger partial charge < -0.3 is 5.32 Å². The molecule has 0 atom stereocenters. The van der Waals surface area contributed by atoms with E-state index in [-0.39, 0.29) is 4.90 Å². The predicted molar refractivity (Wildman–Crippen MR) is 85.9 cm³/mol. The van der Waals surface area contributed by atoms with Gasteiger partial charge >= 0.3 is 0 Å². The summed E-state index contributed by atoms with van der Waals surface area (Å²) < 4.78 is 27.9. The molecule has 20 heavy (non-hydrogen) atoms. The molecule has 0 unspecified atom stereocenters. The minimum Gasteiger partial charge on any atom is -0.333 e. The number of thioether (sulfide) groups is 1. The normalized spacial score (nSPS) is 16.1. The van der Waals surface area contributed by atoms with Gasteiger partial charge in [0.1, 0.15) is 4.90 Å². The van der Waals surface area contributed by atoms with Gasteiger partial charge in [0.2, 0.25) is 0 Å². The molecule has 0 spiro atoms. The lowest BCUT2D eigenvalue weighted by Gasteiger charge is -2.17. The van der Waals surface area contributed by atoms with Gasteiger partial charge in [-0.25, -0.2) is 0 Å². The Morgan fingerprint density at radius 2 is 1.90 bits per heavy atom. The molecule has 0 fully saturated rings. The van der Waals surface area contributed by atoms with Crippen LogP contribution in [0, 0.1) is 0 Å². The number of anilines is 1. The molecule has 0 aromatic heterocycles. The second kappa shape index (κ2) is 7.13. The molecule has 4 nitrogen and oxygen atoms in total. The van der Waals surface area contributed by atoms with E-state index in [0.717, 1.165) is 12.2 Å². The molecule has 0 radical (unpaired) electrons. The number of nitrogens with one attached hydrogen (secondary N) is 1. The first-order valence-electron chi connectivity index (χ1n) is 6.97. The largest absolute Gasteiger partial charge is 0.333 e. The number of amidine groups is 1. The van der Waals surface area contributed by atoms with Crippen molar-refractivity contribution in [3.63, 3.8) is 0 Å². The van der Waals surface area contributed by atoms with Crippen LogP contribution in [0.2, 0.25) is 0 Å². The summed E-state index contributed by atoms with van der Waals surface area (Å²) in [6, 6.07) is 6.87. The molecule has 0 amide bonds. The van der Waals surface area contributed by atoms with Crippen molar-refractivity contribution >= 4 is 32.6 Å². The van der Waals surface area contributed by atoms with Crippen LogP contribution >= 0.6 is 11.8 Å². The molecule has 110 valence electrons. The molecule has 1 aromatic carbocycles. The van der Waals surface area contributed by atoms with Gasteiger partial charge in [-0.05, 0) is 18.6 Å². The molecule has 2 rings (SSSR count). The highest BCUT2D eigenvalue weighted by molar-refractivity contribution is 8.14. The number of unbranched alkanes of at least 4 members (excludes halogenated alkanes) is 4. The summed E-state index contributed by atoms with van der Waals surface area (Å²) in [7, 11) is -3.54. The minimum absolute atomic E-state index is 0.257. The Morgan fingerprint density at radius 1 is 1.15 bits per heavy atom. The van der Waals surface area contributed by atoms with Crippen LogP contribution in [-0.2, 0) is 10.0 Å². The number of para-hydroxylation sites is 1. The number of nitrogens with zero attached hydrogens (tertiary/aromatic N) is 1. The van der Waals surface area contributed by atoms with Gasteiger partial charge in [0, 0.05) is 5.75 Å². The Kier molecular flexibility index (Phi) is 5.48. The Morgan fingerprint density at radius 3 is 2.70 bits per heavy atom. The highest BCUT2D eigenvalue weighted by Gasteiger charge is 2.24. The van der Waals surface area contributed by atoms with Gasteiger partial charge in [-0.15, -0.1) is 4.40 Å². The Hall–Kier alpha value is -1.01. The van der Waals surface area contributed by atoms with E-state index in [1.165, 1.54) is 37.4 Å². The summed E-state index contributed by atoms with van der Waals surface area (Å²) in [5, 5.41) is 3.57. The van der Waals surface area contributed by atoms with E-state index in [0.29, 0.717) is 10.9 Å². The second-order valence-electron chi connectivity index (χ2n) is 4.76. The molecule has 6 heteroatoms. The molecule has 1 aliphatic rings. The van der Waals surface area contributed by atoms with E-state index < -0.39 is 10.0 Å². The summed E-state index contributed by atoms with van der Waals surface area (Å²) in [5.74, 6) is 0.896. The Bertz CT molecular complexity index is 583. The average molecular weight is 312 g/mol. The fraction of sp³-hybridized carbons (Fsp3) is 0.500. The van der Waals surface area contributed by atoms with E-state index >= 15 is 0 Å². The van der Waals surface area contributed by atoms with E-state index in [9.17, 15) is 8.42 Å². The van der Waals surface area contributed by atoms with Gasteiger partial charge in [0.25, 0.3) is 10.0 Å². The van der Waals surface area contributed by atoms with Gasteiger partial charge in [0.15, 0.2) is 5.17 Å². The zero-order valence-corrected chi connectivity index (χ0v) is 13.3. The number of hydrogen-bond donors (Lipinski definition) is 1. The second-order valence-corrected chi connectivity index (χ2v) is 7.41. The molecular formula is C14H20N2O2S2. The van der Waals surface area contributed by atoms with Gasteiger partial charge in [-0.1, -0.05) is 56.5 Å². The molecule has 1 heterocycles. The fourth-order valence-electron chi connectivity index (χ4n) is 2.03. The van der Waals surface area contributed by atoms with Crippen molar-refractivity contribution < 1.29 is 8.42 Å². The lowest BCUT2D eigenvalue weighted by Crippen LogP contribution is -2.19. The smallest absolute Gasteiger partial charge is 0.286 e. The first-order valence-corrected chi connectivity index (χ1v) is 9.40. The van der Waals surface area contributed by atoms with Gasteiger partial charge in [0.05, 0.1) is 5.69 Å². The van der Waals surface area contributed by atoms with Crippen molar-refractivity contribution in [2.75, 3.05) is 11.1 Å². The van der Waals surface area contributed by atoms with E-state index in [1.807, 2.05) is 6.07 Å². The standard InChI is InChI=1S/C14H20N2O2S2/c1-2-3-4-5-8-11-19-14-15-12-9-6-7-10-13(12)20(17,18)16-14/h6-7,9-10H,2-5,8,11H2,1H3,(H,15,16). The lowest BCUT2D eigenvalue weighted by atomic mass is 10.2. The first-order chi connectivity index (χ1) is 9.63. The maximum absolute atomic E-state index is 12.0. The number of fused-ring (bicyclic) bond motifs is 1. The van der Waals surface area contributed by atoms with Crippen LogP contribution in [0.1, 0.15) is 39.0 Å². The molecule has 0 aliphatic carbocycles. The van der Waals surface area contributed by atoms with E-state index in [4.69, 9.17) is 0 Å². The van der Waals surface area contributed by atoms with Crippen molar-refractivity contribution in [1.82, 2.24) is 0 Å². The third kappa shape index (κ3) is 3.99. The molecule has 0 bridgehead atoms. The number of benzene rings is 1. The molecule has 0 saturated carbocycles. The van der Waals surface area contributed by atoms with Crippen molar-refractivity contribution in [2.24, 2.45) is 4.40 Å². The third-order valence-corrected chi connectivity index (χ3v) is 5.51. The zero-order chi connectivity index (χ0) is 14.4. The monoisotopic (exact) mass is 312 g/mol. The van der Waals surface area contributed by atoms with Crippen LogP contribution in [0.25, 0.3) is 0 Å².